The molecule has 0 bridgehead atoms. The molecule has 2 rings (SSSR count). The van der Waals surface area contributed by atoms with Gasteiger partial charge in [0, 0.05) is 33.3 Å². The summed E-state index contributed by atoms with van der Waals surface area (Å²) in [7, 11) is 1.62. The van der Waals surface area contributed by atoms with Crippen LogP contribution in [0.15, 0.2) is 12.1 Å². The molecule has 0 spiro atoms. The SMILES string of the molecule is COCCNCc1cc(F)c(N2CC(C)C(C)C2)c(F)c1. The van der Waals surface area contributed by atoms with Gasteiger partial charge in [-0.25, -0.2) is 8.78 Å². The molecule has 1 saturated heterocycles. The molecule has 1 fully saturated rings. The van der Waals surface area contributed by atoms with Crippen LogP contribution in [0.2, 0.25) is 0 Å². The number of nitrogens with one attached hydrogen (secondary N) is 1. The van der Waals surface area contributed by atoms with E-state index in [2.05, 4.69) is 19.2 Å². The van der Waals surface area contributed by atoms with Crippen LogP contribution in [0, 0.1) is 23.5 Å². The molecular formula is C16H24F2N2O. The van der Waals surface area contributed by atoms with Gasteiger partial charge in [0.25, 0.3) is 0 Å². The quantitative estimate of drug-likeness (QED) is 0.817. The molecule has 5 heteroatoms. The summed E-state index contributed by atoms with van der Waals surface area (Å²) in [4.78, 5) is 1.82. The highest BCUT2D eigenvalue weighted by molar-refractivity contribution is 5.51. The Morgan fingerprint density at radius 1 is 1.19 bits per heavy atom. The van der Waals surface area contributed by atoms with E-state index >= 15 is 0 Å². The van der Waals surface area contributed by atoms with Crippen molar-refractivity contribution in [3.05, 3.63) is 29.3 Å². The number of hydrogen-bond donors (Lipinski definition) is 1. The van der Waals surface area contributed by atoms with Gasteiger partial charge in [0.15, 0.2) is 0 Å². The first-order chi connectivity index (χ1) is 10.0. The number of methoxy groups -OCH3 is 1. The predicted molar refractivity (Wildman–Crippen MR) is 80.5 cm³/mol. The van der Waals surface area contributed by atoms with E-state index in [1.54, 1.807) is 7.11 Å². The second kappa shape index (κ2) is 7.18. The number of halogens is 2. The van der Waals surface area contributed by atoms with Crippen molar-refractivity contribution in [1.29, 1.82) is 0 Å². The fourth-order valence-electron chi connectivity index (χ4n) is 2.74. The topological polar surface area (TPSA) is 24.5 Å². The third-order valence-corrected chi connectivity index (χ3v) is 4.19. The Morgan fingerprint density at radius 3 is 2.29 bits per heavy atom. The van der Waals surface area contributed by atoms with Crippen molar-refractivity contribution in [2.75, 3.05) is 38.3 Å². The number of ether oxygens (including phenoxy) is 1. The van der Waals surface area contributed by atoms with Crippen LogP contribution in [0.5, 0.6) is 0 Å². The van der Waals surface area contributed by atoms with Crippen LogP contribution in [0.3, 0.4) is 0 Å². The summed E-state index contributed by atoms with van der Waals surface area (Å²) >= 11 is 0. The minimum atomic E-state index is -0.472. The maximum Gasteiger partial charge on any atom is 0.149 e. The van der Waals surface area contributed by atoms with Gasteiger partial charge in [-0.2, -0.15) is 0 Å². The summed E-state index contributed by atoms with van der Waals surface area (Å²) in [6.07, 6.45) is 0. The monoisotopic (exact) mass is 298 g/mol. The average Bonchev–Trinajstić information content (AvgIpc) is 2.73. The van der Waals surface area contributed by atoms with E-state index in [1.165, 1.54) is 12.1 Å². The van der Waals surface area contributed by atoms with Crippen LogP contribution >= 0.6 is 0 Å². The van der Waals surface area contributed by atoms with E-state index in [-0.39, 0.29) is 5.69 Å². The highest BCUT2D eigenvalue weighted by Crippen LogP contribution is 2.32. The Hall–Kier alpha value is -1.20. The number of hydrogen-bond acceptors (Lipinski definition) is 3. The molecule has 118 valence electrons. The van der Waals surface area contributed by atoms with Gasteiger partial charge in [0.2, 0.25) is 0 Å². The molecule has 1 aliphatic heterocycles. The van der Waals surface area contributed by atoms with Gasteiger partial charge in [0.05, 0.1) is 6.61 Å². The van der Waals surface area contributed by atoms with Crippen molar-refractivity contribution in [1.82, 2.24) is 5.32 Å². The zero-order valence-corrected chi connectivity index (χ0v) is 13.0. The molecule has 2 atom stereocenters. The lowest BCUT2D eigenvalue weighted by Crippen LogP contribution is -2.23. The van der Waals surface area contributed by atoms with Crippen LogP contribution in [-0.4, -0.2) is 33.4 Å². The summed E-state index contributed by atoms with van der Waals surface area (Å²) in [5.41, 5.74) is 0.733. The lowest BCUT2D eigenvalue weighted by molar-refractivity contribution is 0.199. The predicted octanol–water partition coefficient (Wildman–Crippen LogP) is 2.79. The minimum absolute atomic E-state index is 0.117. The van der Waals surface area contributed by atoms with Gasteiger partial charge in [-0.15, -0.1) is 0 Å². The van der Waals surface area contributed by atoms with Crippen LogP contribution < -0.4 is 10.2 Å². The van der Waals surface area contributed by atoms with Gasteiger partial charge in [-0.05, 0) is 29.5 Å². The first-order valence-corrected chi connectivity index (χ1v) is 7.45. The molecule has 0 amide bonds. The number of nitrogens with zero attached hydrogens (tertiary/aromatic N) is 1. The third-order valence-electron chi connectivity index (χ3n) is 4.19. The normalized spacial score (nSPS) is 22.0. The lowest BCUT2D eigenvalue weighted by Gasteiger charge is -2.20. The Kier molecular flexibility index (Phi) is 5.53. The number of anilines is 1. The fourth-order valence-corrected chi connectivity index (χ4v) is 2.74. The first kappa shape index (κ1) is 16.2. The lowest BCUT2D eigenvalue weighted by atomic mass is 10.0. The molecule has 0 radical (unpaired) electrons. The average molecular weight is 298 g/mol. The van der Waals surface area contributed by atoms with E-state index in [9.17, 15) is 8.78 Å². The minimum Gasteiger partial charge on any atom is -0.383 e. The largest absolute Gasteiger partial charge is 0.383 e. The molecule has 1 heterocycles. The standard InChI is InChI=1S/C16H24F2N2O/c1-11-9-20(10-12(11)2)16-14(17)6-13(7-15(16)18)8-19-4-5-21-3/h6-7,11-12,19H,4-5,8-10H2,1-3H3. The highest BCUT2D eigenvalue weighted by atomic mass is 19.1. The van der Waals surface area contributed by atoms with Crippen LogP contribution in [0.25, 0.3) is 0 Å². The molecule has 2 unspecified atom stereocenters. The van der Waals surface area contributed by atoms with Gasteiger partial charge in [-0.1, -0.05) is 13.8 Å². The Bertz CT molecular complexity index is 448. The molecular weight excluding hydrogens is 274 g/mol. The maximum atomic E-state index is 14.3. The highest BCUT2D eigenvalue weighted by Gasteiger charge is 2.29. The third kappa shape index (κ3) is 3.92. The molecule has 1 N–H and O–H groups in total. The van der Waals surface area contributed by atoms with E-state index in [4.69, 9.17) is 4.74 Å². The van der Waals surface area contributed by atoms with Crippen molar-refractivity contribution in [2.24, 2.45) is 11.8 Å². The summed E-state index contributed by atoms with van der Waals surface area (Å²) in [6, 6.07) is 2.84. The second-order valence-corrected chi connectivity index (χ2v) is 5.94. The summed E-state index contributed by atoms with van der Waals surface area (Å²) < 4.78 is 33.4. The van der Waals surface area contributed by atoms with Gasteiger partial charge in [0.1, 0.15) is 17.3 Å². The van der Waals surface area contributed by atoms with E-state index < -0.39 is 11.6 Å². The Labute approximate surface area is 125 Å². The van der Waals surface area contributed by atoms with Crippen molar-refractivity contribution in [3.63, 3.8) is 0 Å². The summed E-state index contributed by atoms with van der Waals surface area (Å²) in [5, 5.41) is 3.09. The van der Waals surface area contributed by atoms with Gasteiger partial charge in [-0.3, -0.25) is 0 Å². The molecule has 21 heavy (non-hydrogen) atoms. The molecule has 1 aromatic carbocycles. The van der Waals surface area contributed by atoms with E-state index in [1.807, 2.05) is 4.90 Å². The second-order valence-electron chi connectivity index (χ2n) is 5.94. The van der Waals surface area contributed by atoms with Crippen LogP contribution in [-0.2, 0) is 11.3 Å². The first-order valence-electron chi connectivity index (χ1n) is 7.45. The van der Waals surface area contributed by atoms with Crippen LogP contribution in [0.4, 0.5) is 14.5 Å². The summed E-state index contributed by atoms with van der Waals surface area (Å²) in [5.74, 6) is -0.0296. The smallest absolute Gasteiger partial charge is 0.149 e. The van der Waals surface area contributed by atoms with Crippen molar-refractivity contribution in [2.45, 2.75) is 20.4 Å². The molecule has 1 aliphatic rings. The van der Waals surface area contributed by atoms with Crippen molar-refractivity contribution >= 4 is 5.69 Å². The van der Waals surface area contributed by atoms with Gasteiger partial charge < -0.3 is 15.0 Å². The molecule has 1 aromatic rings. The molecule has 0 aliphatic carbocycles. The van der Waals surface area contributed by atoms with Crippen LogP contribution in [0.1, 0.15) is 19.4 Å². The van der Waals surface area contributed by atoms with Crippen molar-refractivity contribution in [3.8, 4) is 0 Å². The fraction of sp³-hybridized carbons (Fsp3) is 0.625. The zero-order chi connectivity index (χ0) is 15.4. The Balaban J connectivity index is 2.07. The Morgan fingerprint density at radius 2 is 1.76 bits per heavy atom. The summed E-state index contributed by atoms with van der Waals surface area (Å²) in [6.45, 7) is 7.32. The van der Waals surface area contributed by atoms with Crippen molar-refractivity contribution < 1.29 is 13.5 Å². The maximum absolute atomic E-state index is 14.3. The number of rotatable bonds is 6. The number of benzene rings is 1. The zero-order valence-electron chi connectivity index (χ0n) is 13.0. The molecule has 3 nitrogen and oxygen atoms in total. The van der Waals surface area contributed by atoms with E-state index in [0.717, 1.165) is 0 Å². The molecule has 0 aromatic heterocycles. The van der Waals surface area contributed by atoms with E-state index in [0.29, 0.717) is 50.2 Å². The van der Waals surface area contributed by atoms with Gasteiger partial charge >= 0.3 is 0 Å². The molecule has 0 saturated carbocycles.